The van der Waals surface area contributed by atoms with Crippen LogP contribution in [0.1, 0.15) is 49.7 Å². The van der Waals surface area contributed by atoms with Gasteiger partial charge in [-0.3, -0.25) is 9.59 Å². The number of nitrogens with zero attached hydrogens (tertiary/aromatic N) is 2. The average molecular weight is 326 g/mol. The third-order valence-corrected chi connectivity index (χ3v) is 5.79. The normalized spacial score (nSPS) is 26.9. The first kappa shape index (κ1) is 15.7. The number of hydrogen-bond acceptors (Lipinski definition) is 2. The van der Waals surface area contributed by atoms with Gasteiger partial charge in [0.25, 0.3) is 0 Å². The SMILES string of the molecule is CC1CN(C(=O)[C@@H]2CCCN2C(=O)C2CC2)CCc2ccccc21. The molecule has 0 bridgehead atoms. The molecule has 24 heavy (non-hydrogen) atoms. The van der Waals surface area contributed by atoms with Crippen molar-refractivity contribution in [3.8, 4) is 0 Å². The Balaban J connectivity index is 1.49. The number of carbonyl (C=O) groups excluding carboxylic acids is 2. The highest BCUT2D eigenvalue weighted by Crippen LogP contribution is 2.34. The van der Waals surface area contributed by atoms with Crippen LogP contribution in [0.4, 0.5) is 0 Å². The molecule has 4 heteroatoms. The maximum absolute atomic E-state index is 13.1. The molecule has 1 aromatic rings. The van der Waals surface area contributed by atoms with Crippen molar-refractivity contribution < 1.29 is 9.59 Å². The van der Waals surface area contributed by atoms with E-state index in [1.54, 1.807) is 0 Å². The summed E-state index contributed by atoms with van der Waals surface area (Å²) >= 11 is 0. The van der Waals surface area contributed by atoms with Crippen molar-refractivity contribution in [2.75, 3.05) is 19.6 Å². The molecule has 2 heterocycles. The van der Waals surface area contributed by atoms with Crippen LogP contribution < -0.4 is 0 Å². The van der Waals surface area contributed by atoms with Crippen LogP contribution >= 0.6 is 0 Å². The largest absolute Gasteiger partial charge is 0.340 e. The quantitative estimate of drug-likeness (QED) is 0.838. The third-order valence-electron chi connectivity index (χ3n) is 5.79. The molecule has 2 aliphatic heterocycles. The first-order chi connectivity index (χ1) is 11.6. The fourth-order valence-electron chi connectivity index (χ4n) is 4.28. The van der Waals surface area contributed by atoms with E-state index >= 15 is 0 Å². The lowest BCUT2D eigenvalue weighted by molar-refractivity contribution is -0.144. The molecule has 0 N–H and O–H groups in total. The summed E-state index contributed by atoms with van der Waals surface area (Å²) in [7, 11) is 0. The standard InChI is InChI=1S/C20H26N2O2/c1-14-13-21(12-10-15-5-2-3-6-17(14)15)20(24)18-7-4-11-22(18)19(23)16-8-9-16/h2-3,5-6,14,16,18H,4,7-13H2,1H3/t14?,18-/m0/s1. The highest BCUT2D eigenvalue weighted by Gasteiger charge is 2.42. The summed E-state index contributed by atoms with van der Waals surface area (Å²) in [6, 6.07) is 8.31. The molecule has 1 saturated heterocycles. The molecule has 3 aliphatic rings. The predicted molar refractivity (Wildman–Crippen MR) is 92.6 cm³/mol. The molecule has 0 spiro atoms. The zero-order valence-corrected chi connectivity index (χ0v) is 14.4. The number of hydrogen-bond donors (Lipinski definition) is 0. The summed E-state index contributed by atoms with van der Waals surface area (Å²) < 4.78 is 0. The molecular formula is C20H26N2O2. The minimum Gasteiger partial charge on any atom is -0.340 e. The van der Waals surface area contributed by atoms with Gasteiger partial charge in [-0.25, -0.2) is 0 Å². The molecule has 1 aliphatic carbocycles. The van der Waals surface area contributed by atoms with E-state index < -0.39 is 0 Å². The number of benzene rings is 1. The molecule has 2 amide bonds. The average Bonchev–Trinajstić information content (AvgIpc) is 3.36. The monoisotopic (exact) mass is 326 g/mol. The lowest BCUT2D eigenvalue weighted by atomic mass is 9.95. The van der Waals surface area contributed by atoms with Crippen molar-refractivity contribution in [1.29, 1.82) is 0 Å². The first-order valence-electron chi connectivity index (χ1n) is 9.32. The molecule has 2 fully saturated rings. The summed E-state index contributed by atoms with van der Waals surface area (Å²) in [5.74, 6) is 0.936. The van der Waals surface area contributed by atoms with Crippen molar-refractivity contribution in [2.45, 2.75) is 51.0 Å². The molecule has 1 saturated carbocycles. The molecule has 0 aromatic heterocycles. The van der Waals surface area contributed by atoms with Gasteiger partial charge >= 0.3 is 0 Å². The zero-order chi connectivity index (χ0) is 16.7. The highest BCUT2D eigenvalue weighted by atomic mass is 16.2. The van der Waals surface area contributed by atoms with Crippen LogP contribution in [0.15, 0.2) is 24.3 Å². The lowest BCUT2D eigenvalue weighted by Crippen LogP contribution is -2.49. The van der Waals surface area contributed by atoms with E-state index in [1.165, 1.54) is 11.1 Å². The van der Waals surface area contributed by atoms with E-state index in [0.717, 1.165) is 51.7 Å². The highest BCUT2D eigenvalue weighted by molar-refractivity contribution is 5.90. The van der Waals surface area contributed by atoms with Gasteiger partial charge < -0.3 is 9.80 Å². The Kier molecular flexibility index (Phi) is 4.07. The Hall–Kier alpha value is -1.84. The topological polar surface area (TPSA) is 40.6 Å². The van der Waals surface area contributed by atoms with E-state index in [1.807, 2.05) is 9.80 Å². The number of carbonyl (C=O) groups is 2. The van der Waals surface area contributed by atoms with E-state index in [9.17, 15) is 9.59 Å². The smallest absolute Gasteiger partial charge is 0.245 e. The molecule has 2 atom stereocenters. The number of fused-ring (bicyclic) bond motifs is 1. The Labute approximate surface area is 143 Å². The third kappa shape index (κ3) is 2.83. The molecule has 0 radical (unpaired) electrons. The van der Waals surface area contributed by atoms with Crippen LogP contribution in [-0.4, -0.2) is 47.3 Å². The Morgan fingerprint density at radius 3 is 2.62 bits per heavy atom. The van der Waals surface area contributed by atoms with Gasteiger partial charge in [-0.15, -0.1) is 0 Å². The number of likely N-dealkylation sites (tertiary alicyclic amines) is 1. The summed E-state index contributed by atoms with van der Waals surface area (Å²) in [4.78, 5) is 29.5. The van der Waals surface area contributed by atoms with E-state index in [2.05, 4.69) is 31.2 Å². The van der Waals surface area contributed by atoms with Gasteiger partial charge in [-0.05, 0) is 49.1 Å². The van der Waals surface area contributed by atoms with Crippen molar-refractivity contribution in [3.63, 3.8) is 0 Å². The van der Waals surface area contributed by atoms with Crippen LogP contribution in [0.2, 0.25) is 0 Å². The molecule has 4 rings (SSSR count). The fraction of sp³-hybridized carbons (Fsp3) is 0.600. The van der Waals surface area contributed by atoms with Gasteiger partial charge in [0.15, 0.2) is 0 Å². The lowest BCUT2D eigenvalue weighted by Gasteiger charge is -2.30. The second-order valence-corrected chi connectivity index (χ2v) is 7.60. The van der Waals surface area contributed by atoms with Gasteiger partial charge in [-0.2, -0.15) is 0 Å². The maximum atomic E-state index is 13.1. The minimum absolute atomic E-state index is 0.168. The summed E-state index contributed by atoms with van der Waals surface area (Å²) in [5, 5.41) is 0. The maximum Gasteiger partial charge on any atom is 0.245 e. The predicted octanol–water partition coefficient (Wildman–Crippen LogP) is 2.58. The van der Waals surface area contributed by atoms with Crippen LogP contribution in [0.25, 0.3) is 0 Å². The molecule has 1 unspecified atom stereocenters. The Morgan fingerprint density at radius 1 is 1.04 bits per heavy atom. The first-order valence-corrected chi connectivity index (χ1v) is 9.32. The summed E-state index contributed by atoms with van der Waals surface area (Å²) in [5.41, 5.74) is 2.72. The van der Waals surface area contributed by atoms with Gasteiger partial charge in [0, 0.05) is 25.6 Å². The van der Waals surface area contributed by atoms with Crippen LogP contribution in [0.3, 0.4) is 0 Å². The Bertz CT molecular complexity index is 653. The number of rotatable bonds is 2. The fourth-order valence-corrected chi connectivity index (χ4v) is 4.28. The van der Waals surface area contributed by atoms with E-state index in [-0.39, 0.29) is 23.8 Å². The van der Waals surface area contributed by atoms with E-state index in [4.69, 9.17) is 0 Å². The summed E-state index contributed by atoms with van der Waals surface area (Å²) in [6.45, 7) is 4.49. The summed E-state index contributed by atoms with van der Waals surface area (Å²) in [6.07, 6.45) is 4.71. The number of amides is 2. The molecule has 128 valence electrons. The van der Waals surface area contributed by atoms with Gasteiger partial charge in [-0.1, -0.05) is 31.2 Å². The second-order valence-electron chi connectivity index (χ2n) is 7.60. The van der Waals surface area contributed by atoms with Crippen molar-refractivity contribution in [1.82, 2.24) is 9.80 Å². The minimum atomic E-state index is -0.216. The van der Waals surface area contributed by atoms with Gasteiger partial charge in [0.2, 0.25) is 11.8 Å². The van der Waals surface area contributed by atoms with E-state index in [0.29, 0.717) is 5.92 Å². The van der Waals surface area contributed by atoms with Crippen molar-refractivity contribution in [2.24, 2.45) is 5.92 Å². The Morgan fingerprint density at radius 2 is 1.83 bits per heavy atom. The molecular weight excluding hydrogens is 300 g/mol. The van der Waals surface area contributed by atoms with Crippen LogP contribution in [0.5, 0.6) is 0 Å². The van der Waals surface area contributed by atoms with Crippen molar-refractivity contribution >= 4 is 11.8 Å². The van der Waals surface area contributed by atoms with Gasteiger partial charge in [0.05, 0.1) is 0 Å². The molecule has 1 aromatic carbocycles. The van der Waals surface area contributed by atoms with Crippen molar-refractivity contribution in [3.05, 3.63) is 35.4 Å². The van der Waals surface area contributed by atoms with Crippen LogP contribution in [-0.2, 0) is 16.0 Å². The zero-order valence-electron chi connectivity index (χ0n) is 14.4. The molecule has 4 nitrogen and oxygen atoms in total. The van der Waals surface area contributed by atoms with Crippen LogP contribution in [0, 0.1) is 5.92 Å². The second kappa shape index (κ2) is 6.23. The van der Waals surface area contributed by atoms with Gasteiger partial charge in [0.1, 0.15) is 6.04 Å².